The van der Waals surface area contributed by atoms with Gasteiger partial charge in [-0.05, 0) is 12.0 Å². The van der Waals surface area contributed by atoms with Gasteiger partial charge in [-0.15, -0.1) is 0 Å². The van der Waals surface area contributed by atoms with Gasteiger partial charge in [0.15, 0.2) is 0 Å². The van der Waals surface area contributed by atoms with E-state index in [0.29, 0.717) is 0 Å². The molecule has 0 saturated heterocycles. The Morgan fingerprint density at radius 3 is 2.47 bits per heavy atom. The summed E-state index contributed by atoms with van der Waals surface area (Å²) in [4.78, 5) is 21.7. The average molecular weight is 233 g/mol. The van der Waals surface area contributed by atoms with E-state index < -0.39 is 11.9 Å². The Hall–Kier alpha value is -2.10. The Bertz CT molecular complexity index is 412. The van der Waals surface area contributed by atoms with Crippen LogP contribution in [0.1, 0.15) is 24.9 Å². The summed E-state index contributed by atoms with van der Waals surface area (Å²) in [7, 11) is 0. The third kappa shape index (κ3) is 4.51. The summed E-state index contributed by atoms with van der Waals surface area (Å²) in [5.74, 6) is -1.53. The highest BCUT2D eigenvalue weighted by molar-refractivity contribution is 5.94. The van der Waals surface area contributed by atoms with Gasteiger partial charge in [-0.3, -0.25) is 4.79 Å². The highest BCUT2D eigenvalue weighted by Crippen LogP contribution is 2.15. The van der Waals surface area contributed by atoms with E-state index in [1.165, 1.54) is 0 Å². The smallest absolute Gasteiger partial charge is 0.328 e. The topological polar surface area (TPSA) is 66.4 Å². The molecule has 0 radical (unpaired) electrons. The number of hydrogen-bond donors (Lipinski definition) is 2. The van der Waals surface area contributed by atoms with Crippen LogP contribution in [0.3, 0.4) is 0 Å². The van der Waals surface area contributed by atoms with Crippen LogP contribution < -0.4 is 5.32 Å². The van der Waals surface area contributed by atoms with Crippen LogP contribution in [0.15, 0.2) is 42.5 Å². The predicted molar refractivity (Wildman–Crippen MR) is 64.4 cm³/mol. The molecular weight excluding hydrogens is 218 g/mol. The first-order valence-electron chi connectivity index (χ1n) is 5.40. The van der Waals surface area contributed by atoms with Crippen LogP contribution in [0.25, 0.3) is 0 Å². The van der Waals surface area contributed by atoms with Crippen LogP contribution in [0.5, 0.6) is 0 Å². The SMILES string of the molecule is CC[C@H](NC(=O)/C=C\C(=O)O)c1ccccc1. The molecule has 1 atom stereocenters. The lowest BCUT2D eigenvalue weighted by Gasteiger charge is -2.16. The zero-order chi connectivity index (χ0) is 12.7. The van der Waals surface area contributed by atoms with Crippen molar-refractivity contribution >= 4 is 11.9 Å². The highest BCUT2D eigenvalue weighted by Gasteiger charge is 2.10. The number of aliphatic carboxylic acids is 1. The van der Waals surface area contributed by atoms with Crippen molar-refractivity contribution in [2.24, 2.45) is 0 Å². The van der Waals surface area contributed by atoms with Gasteiger partial charge in [-0.2, -0.15) is 0 Å². The molecule has 0 fully saturated rings. The van der Waals surface area contributed by atoms with Crippen molar-refractivity contribution in [3.63, 3.8) is 0 Å². The molecular formula is C13H15NO3. The number of nitrogens with one attached hydrogen (secondary N) is 1. The minimum Gasteiger partial charge on any atom is -0.478 e. The first-order chi connectivity index (χ1) is 8.13. The number of benzene rings is 1. The maximum Gasteiger partial charge on any atom is 0.328 e. The molecule has 0 aromatic heterocycles. The zero-order valence-electron chi connectivity index (χ0n) is 9.59. The molecule has 0 saturated carbocycles. The summed E-state index contributed by atoms with van der Waals surface area (Å²) in [6, 6.07) is 9.46. The van der Waals surface area contributed by atoms with Crippen molar-refractivity contribution in [3.8, 4) is 0 Å². The monoisotopic (exact) mass is 233 g/mol. The zero-order valence-corrected chi connectivity index (χ0v) is 9.59. The maximum atomic E-state index is 11.4. The van der Waals surface area contributed by atoms with E-state index in [2.05, 4.69) is 5.32 Å². The lowest BCUT2D eigenvalue weighted by Crippen LogP contribution is -2.26. The van der Waals surface area contributed by atoms with Gasteiger partial charge < -0.3 is 10.4 Å². The van der Waals surface area contributed by atoms with Gasteiger partial charge in [0.1, 0.15) is 0 Å². The molecule has 0 aliphatic rings. The fraction of sp³-hybridized carbons (Fsp3) is 0.231. The third-order valence-corrected chi connectivity index (χ3v) is 2.30. The third-order valence-electron chi connectivity index (χ3n) is 2.30. The van der Waals surface area contributed by atoms with Crippen molar-refractivity contribution in [1.82, 2.24) is 5.32 Å². The van der Waals surface area contributed by atoms with Crippen LogP contribution in [0.4, 0.5) is 0 Å². The van der Waals surface area contributed by atoms with E-state index >= 15 is 0 Å². The van der Waals surface area contributed by atoms with Gasteiger partial charge in [-0.1, -0.05) is 37.3 Å². The first-order valence-corrected chi connectivity index (χ1v) is 5.40. The van der Waals surface area contributed by atoms with Gasteiger partial charge in [-0.25, -0.2) is 4.79 Å². The molecule has 17 heavy (non-hydrogen) atoms. The molecule has 1 aromatic carbocycles. The minimum atomic E-state index is -1.13. The molecule has 0 bridgehead atoms. The second kappa shape index (κ2) is 6.48. The van der Waals surface area contributed by atoms with Crippen molar-refractivity contribution in [3.05, 3.63) is 48.0 Å². The lowest BCUT2D eigenvalue weighted by molar-refractivity contribution is -0.131. The molecule has 0 spiro atoms. The summed E-state index contributed by atoms with van der Waals surface area (Å²) in [5.41, 5.74) is 1.01. The van der Waals surface area contributed by atoms with E-state index in [0.717, 1.165) is 24.1 Å². The van der Waals surface area contributed by atoms with Gasteiger partial charge in [0.25, 0.3) is 0 Å². The van der Waals surface area contributed by atoms with E-state index in [1.54, 1.807) is 0 Å². The van der Waals surface area contributed by atoms with E-state index in [-0.39, 0.29) is 6.04 Å². The van der Waals surface area contributed by atoms with Gasteiger partial charge in [0.05, 0.1) is 6.04 Å². The molecule has 1 aromatic rings. The van der Waals surface area contributed by atoms with E-state index in [1.807, 2.05) is 37.3 Å². The summed E-state index contributed by atoms with van der Waals surface area (Å²) < 4.78 is 0. The van der Waals surface area contributed by atoms with Gasteiger partial charge in [0.2, 0.25) is 5.91 Å². The Kier molecular flexibility index (Phi) is 4.94. The standard InChI is InChI=1S/C13H15NO3/c1-2-11(10-6-4-3-5-7-10)14-12(15)8-9-13(16)17/h3-9,11H,2H2,1H3,(H,14,15)(H,16,17)/b9-8-/t11-/m0/s1. The molecule has 90 valence electrons. The summed E-state index contributed by atoms with van der Waals surface area (Å²) in [6.45, 7) is 1.96. The highest BCUT2D eigenvalue weighted by atomic mass is 16.4. The van der Waals surface area contributed by atoms with Crippen molar-refractivity contribution in [1.29, 1.82) is 0 Å². The normalized spacial score (nSPS) is 12.3. The largest absolute Gasteiger partial charge is 0.478 e. The number of carboxylic acid groups (broad SMARTS) is 1. The number of rotatable bonds is 5. The van der Waals surface area contributed by atoms with Crippen LogP contribution in [-0.2, 0) is 9.59 Å². The number of carbonyl (C=O) groups is 2. The molecule has 1 amide bonds. The van der Waals surface area contributed by atoms with Crippen molar-refractivity contribution < 1.29 is 14.7 Å². The molecule has 0 aliphatic carbocycles. The average Bonchev–Trinajstić information content (AvgIpc) is 2.34. The molecule has 0 heterocycles. The molecule has 4 heteroatoms. The fourth-order valence-electron chi connectivity index (χ4n) is 1.47. The summed E-state index contributed by atoms with van der Waals surface area (Å²) in [5, 5.41) is 11.2. The maximum absolute atomic E-state index is 11.4. The van der Waals surface area contributed by atoms with Gasteiger partial charge >= 0.3 is 5.97 Å². The molecule has 2 N–H and O–H groups in total. The number of hydrogen-bond acceptors (Lipinski definition) is 2. The Morgan fingerprint density at radius 1 is 1.29 bits per heavy atom. The van der Waals surface area contributed by atoms with Crippen LogP contribution >= 0.6 is 0 Å². The van der Waals surface area contributed by atoms with Crippen LogP contribution in [0, 0.1) is 0 Å². The first kappa shape index (κ1) is 13.0. The number of carboxylic acids is 1. The lowest BCUT2D eigenvalue weighted by atomic mass is 10.0. The molecule has 0 aliphatic heterocycles. The Morgan fingerprint density at radius 2 is 1.94 bits per heavy atom. The molecule has 0 unspecified atom stereocenters. The Labute approximate surface area is 100.0 Å². The molecule has 1 rings (SSSR count). The predicted octanol–water partition coefficient (Wildman–Crippen LogP) is 1.89. The fourth-order valence-corrected chi connectivity index (χ4v) is 1.47. The van der Waals surface area contributed by atoms with E-state index in [4.69, 9.17) is 5.11 Å². The Balaban J connectivity index is 2.65. The second-order valence-electron chi connectivity index (χ2n) is 3.55. The number of carbonyl (C=O) groups excluding carboxylic acids is 1. The van der Waals surface area contributed by atoms with E-state index in [9.17, 15) is 9.59 Å². The summed E-state index contributed by atoms with van der Waals surface area (Å²) in [6.07, 6.45) is 2.59. The summed E-state index contributed by atoms with van der Waals surface area (Å²) >= 11 is 0. The van der Waals surface area contributed by atoms with Crippen LogP contribution in [0.2, 0.25) is 0 Å². The van der Waals surface area contributed by atoms with Gasteiger partial charge in [0, 0.05) is 12.2 Å². The van der Waals surface area contributed by atoms with Crippen LogP contribution in [-0.4, -0.2) is 17.0 Å². The minimum absolute atomic E-state index is 0.0952. The van der Waals surface area contributed by atoms with Crippen molar-refractivity contribution in [2.45, 2.75) is 19.4 Å². The number of amides is 1. The second-order valence-corrected chi connectivity index (χ2v) is 3.55. The van der Waals surface area contributed by atoms with Crippen molar-refractivity contribution in [2.75, 3.05) is 0 Å². The molecule has 4 nitrogen and oxygen atoms in total. The quantitative estimate of drug-likeness (QED) is 0.763.